The summed E-state index contributed by atoms with van der Waals surface area (Å²) in [4.78, 5) is 0. The Morgan fingerprint density at radius 1 is 1.25 bits per heavy atom. The van der Waals surface area contributed by atoms with Crippen LogP contribution in [0, 0.1) is 11.6 Å². The summed E-state index contributed by atoms with van der Waals surface area (Å²) in [6, 6.07) is 4.19. The first-order valence-corrected chi connectivity index (χ1v) is 6.60. The zero-order valence-electron chi connectivity index (χ0n) is 9.17. The van der Waals surface area contributed by atoms with Crippen LogP contribution < -0.4 is 5.32 Å². The number of rotatable bonds is 1. The van der Waals surface area contributed by atoms with Gasteiger partial charge >= 0.3 is 0 Å². The molecule has 4 heteroatoms. The molecule has 1 nitrogen and oxygen atoms in total. The lowest BCUT2D eigenvalue weighted by Crippen LogP contribution is -2.30. The van der Waals surface area contributed by atoms with Crippen molar-refractivity contribution in [2.75, 3.05) is 11.5 Å². The highest BCUT2D eigenvalue weighted by molar-refractivity contribution is 7.99. The van der Waals surface area contributed by atoms with E-state index in [1.165, 1.54) is 12.1 Å². The average Bonchev–Trinajstić information content (AvgIpc) is 2.41. The first kappa shape index (κ1) is 11.9. The Balaban J connectivity index is 2.21. The first-order valence-electron chi connectivity index (χ1n) is 5.45. The van der Waals surface area contributed by atoms with Crippen LogP contribution in [0.4, 0.5) is 8.78 Å². The molecule has 1 aromatic rings. The minimum atomic E-state index is -0.501. The number of hydrogen-bond acceptors (Lipinski definition) is 2. The molecule has 1 heterocycles. The molecule has 0 radical (unpaired) electrons. The zero-order valence-corrected chi connectivity index (χ0v) is 9.99. The van der Waals surface area contributed by atoms with E-state index >= 15 is 0 Å². The molecule has 0 amide bonds. The maximum atomic E-state index is 13.1. The van der Waals surface area contributed by atoms with Gasteiger partial charge in [-0.3, -0.25) is 0 Å². The normalized spacial score (nSPS) is 26.4. The van der Waals surface area contributed by atoms with Crippen LogP contribution in [0.3, 0.4) is 0 Å². The van der Waals surface area contributed by atoms with Gasteiger partial charge in [-0.05, 0) is 36.8 Å². The van der Waals surface area contributed by atoms with Gasteiger partial charge in [0.25, 0.3) is 0 Å². The maximum absolute atomic E-state index is 13.1. The fourth-order valence-corrected chi connectivity index (χ4v) is 3.12. The van der Waals surface area contributed by atoms with Gasteiger partial charge in [-0.15, -0.1) is 0 Å². The van der Waals surface area contributed by atoms with Gasteiger partial charge in [-0.2, -0.15) is 11.8 Å². The average molecular weight is 243 g/mol. The number of halogens is 2. The van der Waals surface area contributed by atoms with Crippen LogP contribution in [0.2, 0.25) is 0 Å². The molecule has 1 aromatic carbocycles. The Kier molecular flexibility index (Phi) is 3.82. The van der Waals surface area contributed by atoms with Crippen LogP contribution in [-0.4, -0.2) is 17.5 Å². The SMILES string of the molecule is CC1CCSCC(c2cc(F)cc(F)c2)N1. The predicted molar refractivity (Wildman–Crippen MR) is 63.6 cm³/mol. The van der Waals surface area contributed by atoms with Gasteiger partial charge in [0.15, 0.2) is 0 Å². The summed E-state index contributed by atoms with van der Waals surface area (Å²) in [7, 11) is 0. The Labute approximate surface area is 98.6 Å². The Bertz CT molecular complexity index is 350. The highest BCUT2D eigenvalue weighted by Gasteiger charge is 2.19. The van der Waals surface area contributed by atoms with Gasteiger partial charge in [0.2, 0.25) is 0 Å². The maximum Gasteiger partial charge on any atom is 0.126 e. The molecule has 1 saturated heterocycles. The fraction of sp³-hybridized carbons (Fsp3) is 0.500. The Hall–Kier alpha value is -0.610. The molecule has 16 heavy (non-hydrogen) atoms. The fourth-order valence-electron chi connectivity index (χ4n) is 1.90. The van der Waals surface area contributed by atoms with Crippen molar-refractivity contribution in [3.8, 4) is 0 Å². The highest BCUT2D eigenvalue weighted by atomic mass is 32.2. The molecular weight excluding hydrogens is 228 g/mol. The zero-order chi connectivity index (χ0) is 11.5. The summed E-state index contributed by atoms with van der Waals surface area (Å²) in [6.45, 7) is 2.11. The van der Waals surface area contributed by atoms with E-state index in [1.807, 2.05) is 11.8 Å². The van der Waals surface area contributed by atoms with Crippen molar-refractivity contribution in [1.29, 1.82) is 0 Å². The van der Waals surface area contributed by atoms with E-state index in [1.54, 1.807) is 0 Å². The molecule has 2 unspecified atom stereocenters. The van der Waals surface area contributed by atoms with Gasteiger partial charge in [0.1, 0.15) is 11.6 Å². The van der Waals surface area contributed by atoms with Crippen LogP contribution >= 0.6 is 11.8 Å². The second-order valence-corrected chi connectivity index (χ2v) is 5.34. The largest absolute Gasteiger partial charge is 0.307 e. The third-order valence-electron chi connectivity index (χ3n) is 2.75. The summed E-state index contributed by atoms with van der Waals surface area (Å²) in [5.41, 5.74) is 0.707. The van der Waals surface area contributed by atoms with E-state index in [9.17, 15) is 8.78 Å². The van der Waals surface area contributed by atoms with Crippen LogP contribution in [0.1, 0.15) is 24.9 Å². The number of hydrogen-bond donors (Lipinski definition) is 1. The summed E-state index contributed by atoms with van der Waals surface area (Å²) in [5, 5.41) is 3.40. The van der Waals surface area contributed by atoms with Crippen molar-refractivity contribution in [2.24, 2.45) is 0 Å². The summed E-state index contributed by atoms with van der Waals surface area (Å²) >= 11 is 1.83. The predicted octanol–water partition coefficient (Wildman–Crippen LogP) is 3.12. The second kappa shape index (κ2) is 5.15. The van der Waals surface area contributed by atoms with Crippen molar-refractivity contribution in [1.82, 2.24) is 5.32 Å². The molecule has 2 rings (SSSR count). The van der Waals surface area contributed by atoms with Crippen LogP contribution in [0.25, 0.3) is 0 Å². The van der Waals surface area contributed by atoms with E-state index in [2.05, 4.69) is 12.2 Å². The molecule has 0 saturated carbocycles. The Morgan fingerprint density at radius 3 is 2.62 bits per heavy atom. The van der Waals surface area contributed by atoms with Gasteiger partial charge in [-0.1, -0.05) is 0 Å². The third kappa shape index (κ3) is 2.95. The van der Waals surface area contributed by atoms with Crippen LogP contribution in [0.15, 0.2) is 18.2 Å². The summed E-state index contributed by atoms with van der Waals surface area (Å²) < 4.78 is 26.2. The minimum absolute atomic E-state index is 0.0488. The molecule has 0 bridgehead atoms. The topological polar surface area (TPSA) is 12.0 Å². The molecule has 0 aromatic heterocycles. The smallest absolute Gasteiger partial charge is 0.126 e. The number of benzene rings is 1. The van der Waals surface area contributed by atoms with Gasteiger partial charge in [-0.25, -0.2) is 8.78 Å². The molecule has 1 aliphatic heterocycles. The molecule has 0 aliphatic carbocycles. The quantitative estimate of drug-likeness (QED) is 0.813. The van der Waals surface area contributed by atoms with E-state index in [0.717, 1.165) is 24.0 Å². The van der Waals surface area contributed by atoms with Crippen LogP contribution in [-0.2, 0) is 0 Å². The molecule has 2 atom stereocenters. The summed E-state index contributed by atoms with van der Waals surface area (Å²) in [6.07, 6.45) is 1.10. The van der Waals surface area contributed by atoms with Crippen LogP contribution in [0.5, 0.6) is 0 Å². The molecule has 88 valence electrons. The Morgan fingerprint density at radius 2 is 1.94 bits per heavy atom. The van der Waals surface area contributed by atoms with Crippen molar-refractivity contribution in [3.63, 3.8) is 0 Å². The third-order valence-corrected chi connectivity index (χ3v) is 3.85. The van der Waals surface area contributed by atoms with E-state index in [-0.39, 0.29) is 6.04 Å². The number of nitrogens with one attached hydrogen (secondary N) is 1. The number of thioether (sulfide) groups is 1. The second-order valence-electron chi connectivity index (χ2n) is 4.19. The molecule has 1 fully saturated rings. The lowest BCUT2D eigenvalue weighted by Gasteiger charge is -2.19. The standard InChI is InChI=1S/C12H15F2NS/c1-8-2-3-16-7-12(15-8)9-4-10(13)6-11(14)5-9/h4-6,8,12,15H,2-3,7H2,1H3. The van der Waals surface area contributed by atoms with E-state index in [4.69, 9.17) is 0 Å². The lowest BCUT2D eigenvalue weighted by molar-refractivity contribution is 0.479. The van der Waals surface area contributed by atoms with E-state index < -0.39 is 11.6 Å². The lowest BCUT2D eigenvalue weighted by atomic mass is 10.1. The first-order chi connectivity index (χ1) is 7.65. The van der Waals surface area contributed by atoms with Crippen molar-refractivity contribution >= 4 is 11.8 Å². The molecular formula is C12H15F2NS. The monoisotopic (exact) mass is 243 g/mol. The molecule has 1 N–H and O–H groups in total. The van der Waals surface area contributed by atoms with E-state index in [0.29, 0.717) is 11.6 Å². The summed E-state index contributed by atoms with van der Waals surface area (Å²) in [5.74, 6) is 0.966. The highest BCUT2D eigenvalue weighted by Crippen LogP contribution is 2.24. The van der Waals surface area contributed by atoms with Crippen molar-refractivity contribution < 1.29 is 8.78 Å². The van der Waals surface area contributed by atoms with Crippen molar-refractivity contribution in [3.05, 3.63) is 35.4 Å². The minimum Gasteiger partial charge on any atom is -0.307 e. The molecule has 0 spiro atoms. The van der Waals surface area contributed by atoms with Gasteiger partial charge in [0.05, 0.1) is 0 Å². The molecule has 1 aliphatic rings. The van der Waals surface area contributed by atoms with Gasteiger partial charge < -0.3 is 5.32 Å². The van der Waals surface area contributed by atoms with Gasteiger partial charge in [0, 0.05) is 23.9 Å². The van der Waals surface area contributed by atoms with Crippen molar-refractivity contribution in [2.45, 2.75) is 25.4 Å².